The lowest BCUT2D eigenvalue weighted by molar-refractivity contribution is 0.0953. The number of nitrogens with one attached hydrogen (secondary N) is 2. The number of hydrogen-bond acceptors (Lipinski definition) is 4. The van der Waals surface area contributed by atoms with Gasteiger partial charge in [-0.05, 0) is 67.4 Å². The van der Waals surface area contributed by atoms with E-state index in [0.29, 0.717) is 29.8 Å². The standard InChI is InChI=1S/C21H22N2O4S/c1-15-5-6-16(2)20(14-15)28(25,26)23-18-9-7-17(8-10-18)21(24)22-12-11-19-4-3-13-27-19/h3-10,13-14,23H,11-12H2,1-2H3,(H,22,24). The van der Waals surface area contributed by atoms with Crippen LogP contribution in [0.25, 0.3) is 0 Å². The molecule has 0 saturated heterocycles. The fourth-order valence-electron chi connectivity index (χ4n) is 2.75. The molecule has 0 aliphatic heterocycles. The Hall–Kier alpha value is -3.06. The van der Waals surface area contributed by atoms with Crippen LogP contribution in [-0.2, 0) is 16.4 Å². The zero-order chi connectivity index (χ0) is 20.1. The van der Waals surface area contributed by atoms with Gasteiger partial charge in [-0.1, -0.05) is 12.1 Å². The Kier molecular flexibility index (Phi) is 5.84. The summed E-state index contributed by atoms with van der Waals surface area (Å²) in [6.07, 6.45) is 2.20. The molecule has 0 radical (unpaired) electrons. The molecule has 2 N–H and O–H groups in total. The third-order valence-electron chi connectivity index (χ3n) is 4.27. The average molecular weight is 398 g/mol. The summed E-state index contributed by atoms with van der Waals surface area (Å²) in [6.45, 7) is 4.05. The van der Waals surface area contributed by atoms with Gasteiger partial charge in [-0.15, -0.1) is 0 Å². The van der Waals surface area contributed by atoms with Gasteiger partial charge >= 0.3 is 0 Å². The molecule has 0 atom stereocenters. The van der Waals surface area contributed by atoms with Gasteiger partial charge in [0, 0.05) is 24.2 Å². The van der Waals surface area contributed by atoms with E-state index in [1.165, 1.54) is 0 Å². The molecule has 0 fully saturated rings. The molecule has 0 saturated carbocycles. The highest BCUT2D eigenvalue weighted by molar-refractivity contribution is 7.92. The van der Waals surface area contributed by atoms with E-state index in [4.69, 9.17) is 4.42 Å². The van der Waals surface area contributed by atoms with Crippen LogP contribution >= 0.6 is 0 Å². The summed E-state index contributed by atoms with van der Waals surface area (Å²) in [4.78, 5) is 12.4. The average Bonchev–Trinajstić information content (AvgIpc) is 3.17. The number of sulfonamides is 1. The number of anilines is 1. The number of rotatable bonds is 7. The molecule has 0 bridgehead atoms. The van der Waals surface area contributed by atoms with E-state index in [9.17, 15) is 13.2 Å². The highest BCUT2D eigenvalue weighted by atomic mass is 32.2. The molecule has 0 aliphatic carbocycles. The number of amides is 1. The Bertz CT molecular complexity index is 1060. The fourth-order valence-corrected chi connectivity index (χ4v) is 4.14. The van der Waals surface area contributed by atoms with Crippen molar-refractivity contribution < 1.29 is 17.6 Å². The zero-order valence-electron chi connectivity index (χ0n) is 15.7. The Balaban J connectivity index is 1.63. The van der Waals surface area contributed by atoms with Crippen LogP contribution in [0.15, 0.2) is 70.2 Å². The maximum atomic E-state index is 12.6. The molecule has 0 spiro atoms. The minimum absolute atomic E-state index is 0.226. The highest BCUT2D eigenvalue weighted by Gasteiger charge is 2.17. The van der Waals surface area contributed by atoms with Crippen LogP contribution in [0.1, 0.15) is 27.2 Å². The van der Waals surface area contributed by atoms with Gasteiger partial charge in [-0.3, -0.25) is 9.52 Å². The Morgan fingerprint density at radius 1 is 1.04 bits per heavy atom. The van der Waals surface area contributed by atoms with Crippen LogP contribution in [0.4, 0.5) is 5.69 Å². The molecule has 0 aliphatic rings. The maximum absolute atomic E-state index is 12.6. The molecule has 7 heteroatoms. The SMILES string of the molecule is Cc1ccc(C)c(S(=O)(=O)Nc2ccc(C(=O)NCCc3ccco3)cc2)c1. The molecular formula is C21H22N2O4S. The van der Waals surface area contributed by atoms with Gasteiger partial charge in [-0.2, -0.15) is 0 Å². The number of benzene rings is 2. The molecule has 1 aromatic heterocycles. The van der Waals surface area contributed by atoms with Gasteiger partial charge in [0.2, 0.25) is 0 Å². The van der Waals surface area contributed by atoms with E-state index in [0.717, 1.165) is 11.3 Å². The number of furan rings is 1. The van der Waals surface area contributed by atoms with Crippen molar-refractivity contribution in [1.82, 2.24) is 5.32 Å². The Labute approximate surface area is 164 Å². The lowest BCUT2D eigenvalue weighted by Gasteiger charge is -2.11. The molecule has 2 aromatic carbocycles. The van der Waals surface area contributed by atoms with Crippen molar-refractivity contribution in [2.45, 2.75) is 25.2 Å². The highest BCUT2D eigenvalue weighted by Crippen LogP contribution is 2.21. The number of carbonyl (C=O) groups is 1. The van der Waals surface area contributed by atoms with Crippen molar-refractivity contribution in [3.05, 3.63) is 83.3 Å². The van der Waals surface area contributed by atoms with Crippen molar-refractivity contribution >= 4 is 21.6 Å². The minimum Gasteiger partial charge on any atom is -0.469 e. The van der Waals surface area contributed by atoms with Crippen molar-refractivity contribution in [1.29, 1.82) is 0 Å². The van der Waals surface area contributed by atoms with E-state index >= 15 is 0 Å². The van der Waals surface area contributed by atoms with E-state index in [1.54, 1.807) is 55.7 Å². The third kappa shape index (κ3) is 4.80. The molecule has 0 unspecified atom stereocenters. The summed E-state index contributed by atoms with van der Waals surface area (Å²) in [5.74, 6) is 0.576. The second-order valence-electron chi connectivity index (χ2n) is 6.54. The van der Waals surface area contributed by atoms with Gasteiger partial charge < -0.3 is 9.73 Å². The predicted octanol–water partition coefficient (Wildman–Crippen LogP) is 3.67. The minimum atomic E-state index is -3.70. The Morgan fingerprint density at radius 3 is 2.46 bits per heavy atom. The number of carbonyl (C=O) groups excluding carboxylic acids is 1. The second-order valence-corrected chi connectivity index (χ2v) is 8.19. The molecule has 3 aromatic rings. The van der Waals surface area contributed by atoms with E-state index < -0.39 is 10.0 Å². The second kappa shape index (κ2) is 8.31. The summed E-state index contributed by atoms with van der Waals surface area (Å²) in [5, 5.41) is 2.81. The lowest BCUT2D eigenvalue weighted by atomic mass is 10.2. The van der Waals surface area contributed by atoms with Crippen LogP contribution in [0.3, 0.4) is 0 Å². The first-order valence-corrected chi connectivity index (χ1v) is 10.3. The third-order valence-corrected chi connectivity index (χ3v) is 5.79. The predicted molar refractivity (Wildman–Crippen MR) is 108 cm³/mol. The van der Waals surface area contributed by atoms with Crippen LogP contribution in [0.2, 0.25) is 0 Å². The smallest absolute Gasteiger partial charge is 0.262 e. The normalized spacial score (nSPS) is 11.2. The van der Waals surface area contributed by atoms with Crippen molar-refractivity contribution in [3.63, 3.8) is 0 Å². The number of aryl methyl sites for hydroxylation is 2. The van der Waals surface area contributed by atoms with Crippen molar-refractivity contribution in [2.75, 3.05) is 11.3 Å². The van der Waals surface area contributed by atoms with E-state index in [2.05, 4.69) is 10.0 Å². The summed E-state index contributed by atoms with van der Waals surface area (Å²) in [5.41, 5.74) is 2.39. The first kappa shape index (κ1) is 19.7. The van der Waals surface area contributed by atoms with Gasteiger partial charge in [0.05, 0.1) is 11.2 Å². The molecule has 1 amide bonds. The van der Waals surface area contributed by atoms with Gasteiger partial charge in [0.1, 0.15) is 5.76 Å². The van der Waals surface area contributed by atoms with E-state index in [-0.39, 0.29) is 10.8 Å². The summed E-state index contributed by atoms with van der Waals surface area (Å²) >= 11 is 0. The first-order valence-electron chi connectivity index (χ1n) is 8.86. The van der Waals surface area contributed by atoms with Crippen LogP contribution < -0.4 is 10.0 Å². The fraction of sp³-hybridized carbons (Fsp3) is 0.190. The molecule has 1 heterocycles. The maximum Gasteiger partial charge on any atom is 0.262 e. The van der Waals surface area contributed by atoms with Crippen LogP contribution in [-0.4, -0.2) is 20.9 Å². The van der Waals surface area contributed by atoms with Gasteiger partial charge in [0.15, 0.2) is 0 Å². The summed E-state index contributed by atoms with van der Waals surface area (Å²) in [7, 11) is -3.70. The van der Waals surface area contributed by atoms with Crippen molar-refractivity contribution in [3.8, 4) is 0 Å². The molecule has 28 heavy (non-hydrogen) atoms. The molecule has 6 nitrogen and oxygen atoms in total. The first-order chi connectivity index (χ1) is 13.3. The monoisotopic (exact) mass is 398 g/mol. The van der Waals surface area contributed by atoms with Crippen molar-refractivity contribution in [2.24, 2.45) is 0 Å². The Morgan fingerprint density at radius 2 is 1.79 bits per heavy atom. The molecule has 3 rings (SSSR count). The summed E-state index contributed by atoms with van der Waals surface area (Å²) < 4.78 is 33.1. The molecule has 146 valence electrons. The molecular weight excluding hydrogens is 376 g/mol. The van der Waals surface area contributed by atoms with Gasteiger partial charge in [0.25, 0.3) is 15.9 Å². The van der Waals surface area contributed by atoms with Gasteiger partial charge in [-0.25, -0.2) is 8.42 Å². The zero-order valence-corrected chi connectivity index (χ0v) is 16.5. The lowest BCUT2D eigenvalue weighted by Crippen LogP contribution is -2.25. The van der Waals surface area contributed by atoms with E-state index in [1.807, 2.05) is 19.1 Å². The van der Waals surface area contributed by atoms with Crippen LogP contribution in [0.5, 0.6) is 0 Å². The topological polar surface area (TPSA) is 88.4 Å². The number of hydrogen-bond donors (Lipinski definition) is 2. The quantitative estimate of drug-likeness (QED) is 0.636. The van der Waals surface area contributed by atoms with Crippen LogP contribution in [0, 0.1) is 13.8 Å². The summed E-state index contributed by atoms with van der Waals surface area (Å²) in [6, 6.07) is 15.3. The largest absolute Gasteiger partial charge is 0.469 e.